The SMILES string of the molecule is COc1cccc(C2CC(NCCc3ncn[nH]3)C2)c1. The fraction of sp³-hybridized carbons (Fsp3) is 0.467. The number of benzene rings is 1. The van der Waals surface area contributed by atoms with E-state index in [0.29, 0.717) is 12.0 Å². The Hall–Kier alpha value is -1.88. The standard InChI is InChI=1S/C15H20N4O/c1-20-14-4-2-3-11(9-14)12-7-13(8-12)16-6-5-15-17-10-18-19-15/h2-4,9-10,12-13,16H,5-8H2,1H3,(H,17,18,19). The fourth-order valence-electron chi connectivity index (χ4n) is 2.70. The molecule has 0 bridgehead atoms. The molecule has 1 aliphatic carbocycles. The molecule has 0 unspecified atom stereocenters. The van der Waals surface area contributed by atoms with E-state index in [2.05, 4.69) is 38.7 Å². The number of hydrogen-bond donors (Lipinski definition) is 2. The predicted molar refractivity (Wildman–Crippen MR) is 76.8 cm³/mol. The van der Waals surface area contributed by atoms with E-state index in [1.165, 1.54) is 18.4 Å². The van der Waals surface area contributed by atoms with Crippen molar-refractivity contribution in [2.24, 2.45) is 0 Å². The number of methoxy groups -OCH3 is 1. The molecule has 106 valence electrons. The van der Waals surface area contributed by atoms with Crippen molar-refractivity contribution in [1.82, 2.24) is 20.5 Å². The first-order valence-corrected chi connectivity index (χ1v) is 7.06. The van der Waals surface area contributed by atoms with Crippen molar-refractivity contribution in [2.45, 2.75) is 31.2 Å². The number of ether oxygens (including phenoxy) is 1. The Morgan fingerprint density at radius 2 is 2.30 bits per heavy atom. The molecule has 1 aromatic carbocycles. The summed E-state index contributed by atoms with van der Waals surface area (Å²) in [4.78, 5) is 4.12. The summed E-state index contributed by atoms with van der Waals surface area (Å²) in [6.07, 6.45) is 4.85. The maximum Gasteiger partial charge on any atom is 0.137 e. The summed E-state index contributed by atoms with van der Waals surface area (Å²) in [7, 11) is 1.72. The molecule has 0 spiro atoms. The van der Waals surface area contributed by atoms with Crippen LogP contribution in [0.25, 0.3) is 0 Å². The van der Waals surface area contributed by atoms with Crippen molar-refractivity contribution >= 4 is 0 Å². The van der Waals surface area contributed by atoms with E-state index in [9.17, 15) is 0 Å². The second kappa shape index (κ2) is 6.05. The third-order valence-electron chi connectivity index (χ3n) is 3.96. The molecule has 0 radical (unpaired) electrons. The number of rotatable bonds is 6. The number of aromatic amines is 1. The van der Waals surface area contributed by atoms with E-state index in [1.54, 1.807) is 13.4 Å². The number of nitrogens with one attached hydrogen (secondary N) is 2. The van der Waals surface area contributed by atoms with Gasteiger partial charge in [-0.15, -0.1) is 0 Å². The second-order valence-electron chi connectivity index (χ2n) is 5.28. The minimum Gasteiger partial charge on any atom is -0.497 e. The molecule has 2 aromatic rings. The zero-order valence-electron chi connectivity index (χ0n) is 11.7. The quantitative estimate of drug-likeness (QED) is 0.843. The lowest BCUT2D eigenvalue weighted by Crippen LogP contribution is -2.41. The van der Waals surface area contributed by atoms with Gasteiger partial charge >= 0.3 is 0 Å². The molecule has 20 heavy (non-hydrogen) atoms. The summed E-state index contributed by atoms with van der Waals surface area (Å²) in [6, 6.07) is 9.02. The lowest BCUT2D eigenvalue weighted by Gasteiger charge is -2.36. The van der Waals surface area contributed by atoms with Crippen LogP contribution in [0.3, 0.4) is 0 Å². The van der Waals surface area contributed by atoms with Gasteiger partial charge in [0.1, 0.15) is 17.9 Å². The van der Waals surface area contributed by atoms with Crippen molar-refractivity contribution in [1.29, 1.82) is 0 Å². The highest BCUT2D eigenvalue weighted by Gasteiger charge is 2.29. The molecular formula is C15H20N4O. The molecule has 3 rings (SSSR count). The third kappa shape index (κ3) is 2.99. The van der Waals surface area contributed by atoms with Gasteiger partial charge < -0.3 is 10.1 Å². The van der Waals surface area contributed by atoms with Crippen LogP contribution in [0.5, 0.6) is 5.75 Å². The van der Waals surface area contributed by atoms with Crippen LogP contribution in [0.2, 0.25) is 0 Å². The van der Waals surface area contributed by atoms with Crippen molar-refractivity contribution < 1.29 is 4.74 Å². The smallest absolute Gasteiger partial charge is 0.137 e. The Bertz CT molecular complexity index is 535. The molecule has 1 saturated carbocycles. The minimum atomic E-state index is 0.620. The van der Waals surface area contributed by atoms with Crippen LogP contribution in [0.15, 0.2) is 30.6 Å². The van der Waals surface area contributed by atoms with Crippen LogP contribution in [0.4, 0.5) is 0 Å². The first kappa shape index (κ1) is 13.1. The van der Waals surface area contributed by atoms with E-state index in [0.717, 1.165) is 24.5 Å². The first-order valence-electron chi connectivity index (χ1n) is 7.06. The Morgan fingerprint density at radius 1 is 1.40 bits per heavy atom. The van der Waals surface area contributed by atoms with Crippen LogP contribution in [0, 0.1) is 0 Å². The molecular weight excluding hydrogens is 252 g/mol. The van der Waals surface area contributed by atoms with E-state index in [4.69, 9.17) is 4.74 Å². The zero-order chi connectivity index (χ0) is 13.8. The molecule has 0 atom stereocenters. The van der Waals surface area contributed by atoms with Crippen molar-refractivity contribution in [2.75, 3.05) is 13.7 Å². The van der Waals surface area contributed by atoms with Crippen LogP contribution in [-0.4, -0.2) is 34.9 Å². The monoisotopic (exact) mass is 272 g/mol. The fourth-order valence-corrected chi connectivity index (χ4v) is 2.70. The average Bonchev–Trinajstić information content (AvgIpc) is 2.94. The molecule has 1 fully saturated rings. The predicted octanol–water partition coefficient (Wildman–Crippen LogP) is 1.89. The summed E-state index contributed by atoms with van der Waals surface area (Å²) >= 11 is 0. The third-order valence-corrected chi connectivity index (χ3v) is 3.96. The number of nitrogens with zero attached hydrogens (tertiary/aromatic N) is 2. The highest BCUT2D eigenvalue weighted by atomic mass is 16.5. The van der Waals surface area contributed by atoms with Gasteiger partial charge in [0.15, 0.2) is 0 Å². The van der Waals surface area contributed by atoms with Crippen molar-refractivity contribution in [3.8, 4) is 5.75 Å². The average molecular weight is 272 g/mol. The highest BCUT2D eigenvalue weighted by molar-refractivity contribution is 5.32. The van der Waals surface area contributed by atoms with Gasteiger partial charge in [-0.25, -0.2) is 4.98 Å². The van der Waals surface area contributed by atoms with Gasteiger partial charge in [-0.2, -0.15) is 5.10 Å². The first-order chi connectivity index (χ1) is 9.85. The lowest BCUT2D eigenvalue weighted by atomic mass is 9.76. The molecule has 1 aromatic heterocycles. The molecule has 1 aliphatic rings. The van der Waals surface area contributed by atoms with Crippen molar-refractivity contribution in [3.05, 3.63) is 42.0 Å². The minimum absolute atomic E-state index is 0.620. The molecule has 1 heterocycles. The molecule has 5 heteroatoms. The van der Waals surface area contributed by atoms with Crippen LogP contribution in [0.1, 0.15) is 30.1 Å². The largest absolute Gasteiger partial charge is 0.497 e. The van der Waals surface area contributed by atoms with Crippen LogP contribution >= 0.6 is 0 Å². The van der Waals surface area contributed by atoms with E-state index in [1.807, 2.05) is 6.07 Å². The zero-order valence-corrected chi connectivity index (χ0v) is 11.7. The molecule has 5 nitrogen and oxygen atoms in total. The Labute approximate surface area is 118 Å². The maximum atomic E-state index is 5.27. The van der Waals surface area contributed by atoms with Crippen LogP contribution in [-0.2, 0) is 6.42 Å². The summed E-state index contributed by atoms with van der Waals surface area (Å²) in [6.45, 7) is 0.949. The summed E-state index contributed by atoms with van der Waals surface area (Å²) < 4.78 is 5.27. The van der Waals surface area contributed by atoms with Gasteiger partial charge in [-0.3, -0.25) is 5.10 Å². The molecule has 0 saturated heterocycles. The van der Waals surface area contributed by atoms with Gasteiger partial charge in [0.05, 0.1) is 7.11 Å². The van der Waals surface area contributed by atoms with Gasteiger partial charge in [0.2, 0.25) is 0 Å². The summed E-state index contributed by atoms with van der Waals surface area (Å²) in [5, 5.41) is 10.3. The molecule has 2 N–H and O–H groups in total. The molecule has 0 amide bonds. The molecule has 0 aliphatic heterocycles. The van der Waals surface area contributed by atoms with E-state index < -0.39 is 0 Å². The normalized spacial score (nSPS) is 21.4. The number of aromatic nitrogens is 3. The number of H-pyrrole nitrogens is 1. The summed E-state index contributed by atoms with van der Waals surface area (Å²) in [5.74, 6) is 2.55. The summed E-state index contributed by atoms with van der Waals surface area (Å²) in [5.41, 5.74) is 1.39. The number of hydrogen-bond acceptors (Lipinski definition) is 4. The second-order valence-corrected chi connectivity index (χ2v) is 5.28. The van der Waals surface area contributed by atoms with Gasteiger partial charge in [0, 0.05) is 19.0 Å². The van der Waals surface area contributed by atoms with Gasteiger partial charge in [0.25, 0.3) is 0 Å². The van der Waals surface area contributed by atoms with Crippen LogP contribution < -0.4 is 10.1 Å². The maximum absolute atomic E-state index is 5.27. The Balaban J connectivity index is 1.42. The van der Waals surface area contributed by atoms with Gasteiger partial charge in [-0.1, -0.05) is 12.1 Å². The topological polar surface area (TPSA) is 62.8 Å². The van der Waals surface area contributed by atoms with Crippen molar-refractivity contribution in [3.63, 3.8) is 0 Å². The Kier molecular flexibility index (Phi) is 3.97. The Morgan fingerprint density at radius 3 is 3.05 bits per heavy atom. The lowest BCUT2D eigenvalue weighted by molar-refractivity contribution is 0.291. The highest BCUT2D eigenvalue weighted by Crippen LogP contribution is 2.37. The van der Waals surface area contributed by atoms with E-state index >= 15 is 0 Å². The van der Waals surface area contributed by atoms with Gasteiger partial charge in [-0.05, 0) is 36.5 Å². The van der Waals surface area contributed by atoms with E-state index in [-0.39, 0.29) is 0 Å².